The van der Waals surface area contributed by atoms with Crippen LogP contribution in [0.3, 0.4) is 0 Å². The summed E-state index contributed by atoms with van der Waals surface area (Å²) in [6, 6.07) is 2.45. The first-order chi connectivity index (χ1) is 8.74. The number of nitrogens with one attached hydrogen (secondary N) is 1. The van der Waals surface area contributed by atoms with E-state index in [1.165, 1.54) is 32.1 Å². The molecule has 1 N–H and O–H groups in total. The third-order valence-corrected chi connectivity index (χ3v) is 4.30. The molecule has 0 radical (unpaired) electrons. The molecule has 3 unspecified atom stereocenters. The molecule has 0 saturated heterocycles. The van der Waals surface area contributed by atoms with E-state index < -0.39 is 0 Å². The Labute approximate surface area is 110 Å². The van der Waals surface area contributed by atoms with E-state index >= 15 is 0 Å². The third-order valence-electron chi connectivity index (χ3n) is 4.30. The van der Waals surface area contributed by atoms with Crippen molar-refractivity contribution in [2.24, 2.45) is 11.8 Å². The van der Waals surface area contributed by atoms with E-state index in [0.717, 1.165) is 23.4 Å². The summed E-state index contributed by atoms with van der Waals surface area (Å²) >= 11 is 0. The zero-order valence-corrected chi connectivity index (χ0v) is 11.8. The van der Waals surface area contributed by atoms with Crippen LogP contribution in [-0.2, 0) is 0 Å². The first-order valence-electron chi connectivity index (χ1n) is 7.21. The highest BCUT2D eigenvalue weighted by Crippen LogP contribution is 2.37. The summed E-state index contributed by atoms with van der Waals surface area (Å²) in [6.07, 6.45) is 8.63. The van der Waals surface area contributed by atoms with Gasteiger partial charge in [0.15, 0.2) is 0 Å². The van der Waals surface area contributed by atoms with Crippen LogP contribution in [0.15, 0.2) is 12.3 Å². The largest absolute Gasteiger partial charge is 0.311 e. The van der Waals surface area contributed by atoms with Gasteiger partial charge in [0, 0.05) is 6.20 Å². The van der Waals surface area contributed by atoms with Crippen molar-refractivity contribution in [3.05, 3.63) is 23.8 Å². The van der Waals surface area contributed by atoms with Crippen molar-refractivity contribution in [3.8, 4) is 0 Å². The second-order valence-electron chi connectivity index (χ2n) is 5.50. The first kappa shape index (κ1) is 13.5. The molecule has 0 bridgehead atoms. The van der Waals surface area contributed by atoms with Crippen LogP contribution in [0.1, 0.15) is 56.6 Å². The Hall–Kier alpha value is -0.960. The predicted molar refractivity (Wildman–Crippen MR) is 74.3 cm³/mol. The summed E-state index contributed by atoms with van der Waals surface area (Å²) in [4.78, 5) is 8.79. The molecule has 1 fully saturated rings. The second-order valence-corrected chi connectivity index (χ2v) is 5.50. The lowest BCUT2D eigenvalue weighted by Crippen LogP contribution is -2.30. The quantitative estimate of drug-likeness (QED) is 0.887. The normalized spacial score (nSPS) is 25.9. The average molecular weight is 247 g/mol. The average Bonchev–Trinajstić information content (AvgIpc) is 2.40. The zero-order valence-electron chi connectivity index (χ0n) is 11.8. The lowest BCUT2D eigenvalue weighted by molar-refractivity contribution is 0.212. The number of hydrogen-bond acceptors (Lipinski definition) is 3. The summed E-state index contributed by atoms with van der Waals surface area (Å²) in [5, 5.41) is 3.47. The molecule has 3 atom stereocenters. The Bertz CT molecular complexity index is 378. The van der Waals surface area contributed by atoms with Crippen molar-refractivity contribution in [3.63, 3.8) is 0 Å². The second kappa shape index (κ2) is 6.28. The van der Waals surface area contributed by atoms with Gasteiger partial charge in [-0.15, -0.1) is 0 Å². The maximum Gasteiger partial charge on any atom is 0.125 e. The molecule has 1 heterocycles. The fraction of sp³-hybridized carbons (Fsp3) is 0.733. The number of nitrogens with zero attached hydrogens (tertiary/aromatic N) is 2. The van der Waals surface area contributed by atoms with Crippen LogP contribution in [0.25, 0.3) is 0 Å². The van der Waals surface area contributed by atoms with Crippen LogP contribution < -0.4 is 5.32 Å². The van der Waals surface area contributed by atoms with Gasteiger partial charge in [-0.3, -0.25) is 0 Å². The van der Waals surface area contributed by atoms with Crippen LogP contribution in [0.2, 0.25) is 0 Å². The molecule has 3 heteroatoms. The molecule has 100 valence electrons. The zero-order chi connectivity index (χ0) is 13.0. The Morgan fingerprint density at radius 2 is 2.28 bits per heavy atom. The van der Waals surface area contributed by atoms with E-state index in [4.69, 9.17) is 0 Å². The standard InChI is InChI=1S/C15H25N3/c1-4-12-6-5-7-13(10-12)15(16-3)14-8-9-17-11(2)18-14/h8-9,12-13,15-16H,4-7,10H2,1-3H3. The number of aryl methyl sites for hydroxylation is 1. The number of aromatic nitrogens is 2. The number of rotatable bonds is 4. The molecule has 0 amide bonds. The lowest BCUT2D eigenvalue weighted by atomic mass is 9.76. The van der Waals surface area contributed by atoms with Crippen LogP contribution in [0, 0.1) is 18.8 Å². The van der Waals surface area contributed by atoms with Gasteiger partial charge in [0.1, 0.15) is 5.82 Å². The van der Waals surface area contributed by atoms with E-state index in [1.54, 1.807) is 0 Å². The van der Waals surface area contributed by atoms with Gasteiger partial charge in [-0.1, -0.05) is 26.2 Å². The van der Waals surface area contributed by atoms with Gasteiger partial charge in [-0.05, 0) is 44.7 Å². The predicted octanol–water partition coefficient (Wildman–Crippen LogP) is 3.26. The Kier molecular flexibility index (Phi) is 4.70. The Balaban J connectivity index is 2.12. The van der Waals surface area contributed by atoms with E-state index in [2.05, 4.69) is 35.3 Å². The van der Waals surface area contributed by atoms with E-state index in [1.807, 2.05) is 13.1 Å². The van der Waals surface area contributed by atoms with E-state index in [0.29, 0.717) is 6.04 Å². The minimum absolute atomic E-state index is 0.390. The topological polar surface area (TPSA) is 37.8 Å². The minimum atomic E-state index is 0.390. The van der Waals surface area contributed by atoms with Gasteiger partial charge in [0.25, 0.3) is 0 Å². The molecule has 1 aliphatic carbocycles. The summed E-state index contributed by atoms with van der Waals surface area (Å²) in [5.74, 6) is 2.50. The van der Waals surface area contributed by atoms with Gasteiger partial charge in [0.2, 0.25) is 0 Å². The molecule has 18 heavy (non-hydrogen) atoms. The van der Waals surface area contributed by atoms with Crippen LogP contribution >= 0.6 is 0 Å². The first-order valence-corrected chi connectivity index (χ1v) is 7.21. The highest BCUT2D eigenvalue weighted by molar-refractivity contribution is 5.09. The number of hydrogen-bond donors (Lipinski definition) is 1. The summed E-state index contributed by atoms with van der Waals surface area (Å²) < 4.78 is 0. The van der Waals surface area contributed by atoms with Crippen molar-refractivity contribution >= 4 is 0 Å². The highest BCUT2D eigenvalue weighted by atomic mass is 15.0. The van der Waals surface area contributed by atoms with Gasteiger partial charge < -0.3 is 5.32 Å². The van der Waals surface area contributed by atoms with Crippen LogP contribution in [0.5, 0.6) is 0 Å². The molecule has 0 spiro atoms. The molecule has 1 aliphatic rings. The SMILES string of the molecule is CCC1CCCC(C(NC)c2ccnc(C)n2)C1. The molecule has 0 aromatic carbocycles. The summed E-state index contributed by atoms with van der Waals surface area (Å²) in [7, 11) is 2.05. The Morgan fingerprint density at radius 3 is 2.94 bits per heavy atom. The maximum atomic E-state index is 4.60. The molecular formula is C15H25N3. The van der Waals surface area contributed by atoms with Crippen LogP contribution in [0.4, 0.5) is 0 Å². The molecule has 1 aromatic heterocycles. The molecule has 3 nitrogen and oxygen atoms in total. The fourth-order valence-corrected chi connectivity index (χ4v) is 3.28. The minimum Gasteiger partial charge on any atom is -0.311 e. The van der Waals surface area contributed by atoms with Gasteiger partial charge >= 0.3 is 0 Å². The maximum absolute atomic E-state index is 4.60. The third kappa shape index (κ3) is 3.08. The van der Waals surface area contributed by atoms with Crippen LogP contribution in [-0.4, -0.2) is 17.0 Å². The molecule has 1 saturated carbocycles. The van der Waals surface area contributed by atoms with Gasteiger partial charge in [0.05, 0.1) is 11.7 Å². The Morgan fingerprint density at radius 1 is 1.44 bits per heavy atom. The van der Waals surface area contributed by atoms with Crippen molar-refractivity contribution in [2.75, 3.05) is 7.05 Å². The van der Waals surface area contributed by atoms with Crippen molar-refractivity contribution in [1.82, 2.24) is 15.3 Å². The monoisotopic (exact) mass is 247 g/mol. The summed E-state index contributed by atoms with van der Waals surface area (Å²) in [6.45, 7) is 4.28. The summed E-state index contributed by atoms with van der Waals surface area (Å²) in [5.41, 5.74) is 1.16. The molecule has 1 aromatic rings. The van der Waals surface area contributed by atoms with Crippen molar-refractivity contribution in [1.29, 1.82) is 0 Å². The molecular weight excluding hydrogens is 222 g/mol. The van der Waals surface area contributed by atoms with Gasteiger partial charge in [-0.25, -0.2) is 9.97 Å². The molecule has 2 rings (SSSR count). The molecule has 0 aliphatic heterocycles. The lowest BCUT2D eigenvalue weighted by Gasteiger charge is -2.34. The smallest absolute Gasteiger partial charge is 0.125 e. The highest BCUT2D eigenvalue weighted by Gasteiger charge is 2.28. The van der Waals surface area contributed by atoms with Crippen molar-refractivity contribution in [2.45, 2.75) is 52.0 Å². The van der Waals surface area contributed by atoms with E-state index in [-0.39, 0.29) is 0 Å². The van der Waals surface area contributed by atoms with Gasteiger partial charge in [-0.2, -0.15) is 0 Å². The fourth-order valence-electron chi connectivity index (χ4n) is 3.28. The van der Waals surface area contributed by atoms with Crippen molar-refractivity contribution < 1.29 is 0 Å². The van der Waals surface area contributed by atoms with E-state index in [9.17, 15) is 0 Å².